The molecule has 0 spiro atoms. The third-order valence-corrected chi connectivity index (χ3v) is 11.5. The molecular weight excluding hydrogens is 653 g/mol. The van der Waals surface area contributed by atoms with Gasteiger partial charge >= 0.3 is 5.97 Å². The number of rotatable bonds is 9. The van der Waals surface area contributed by atoms with Crippen molar-refractivity contribution >= 4 is 56.3 Å². The molecule has 0 bridgehead atoms. The highest BCUT2D eigenvalue weighted by Crippen LogP contribution is 2.36. The van der Waals surface area contributed by atoms with Crippen LogP contribution in [0, 0.1) is 12.8 Å². The number of hydrogen-bond donors (Lipinski definition) is 0. The summed E-state index contributed by atoms with van der Waals surface area (Å²) in [5.41, 5.74) is 4.69. The van der Waals surface area contributed by atoms with Crippen LogP contribution in [0.3, 0.4) is 0 Å². The van der Waals surface area contributed by atoms with Crippen molar-refractivity contribution in [1.82, 2.24) is 19.0 Å². The maximum Gasteiger partial charge on any atom is 0.309 e. The number of aryl methyl sites for hydroxylation is 1. The van der Waals surface area contributed by atoms with E-state index in [9.17, 15) is 18.0 Å². The first-order valence-corrected chi connectivity index (χ1v) is 18.0. The standard InChI is InChI=1S/C35H34N4O5S3/c1-3-44-34(41)26-16-18-37(19-17-26)47(42,43)30-11-7-8-27(20-30)32-28(23-39(36-32)29-9-5-4-6-10-29)21-31-33(40)38(35(45)46-31)22-25-14-12-24(2)13-15-25/h4-15,20-21,23,26H,3,16-19,22H2,1-2H3/b31-21-. The van der Waals surface area contributed by atoms with Gasteiger partial charge in [0.2, 0.25) is 10.0 Å². The summed E-state index contributed by atoms with van der Waals surface area (Å²) in [6, 6.07) is 24.2. The largest absolute Gasteiger partial charge is 0.466 e. The third kappa shape index (κ3) is 7.10. The van der Waals surface area contributed by atoms with Crippen molar-refractivity contribution in [2.24, 2.45) is 5.92 Å². The van der Waals surface area contributed by atoms with Crippen LogP contribution in [0.2, 0.25) is 0 Å². The Morgan fingerprint density at radius 2 is 1.77 bits per heavy atom. The number of ether oxygens (including phenoxy) is 1. The zero-order chi connectivity index (χ0) is 33.1. The molecule has 0 radical (unpaired) electrons. The Morgan fingerprint density at radius 1 is 1.04 bits per heavy atom. The molecule has 2 fully saturated rings. The number of sulfonamides is 1. The van der Waals surface area contributed by atoms with E-state index >= 15 is 0 Å². The van der Waals surface area contributed by atoms with E-state index < -0.39 is 10.0 Å². The molecule has 3 aromatic carbocycles. The maximum absolute atomic E-state index is 13.8. The van der Waals surface area contributed by atoms with Crippen molar-refractivity contribution in [1.29, 1.82) is 0 Å². The molecule has 0 N–H and O–H groups in total. The number of aromatic nitrogens is 2. The van der Waals surface area contributed by atoms with E-state index in [2.05, 4.69) is 0 Å². The van der Waals surface area contributed by atoms with Gasteiger partial charge < -0.3 is 4.74 Å². The van der Waals surface area contributed by atoms with Crippen LogP contribution in [-0.4, -0.2) is 63.3 Å². The summed E-state index contributed by atoms with van der Waals surface area (Å²) in [4.78, 5) is 28.0. The lowest BCUT2D eigenvalue weighted by Crippen LogP contribution is -2.40. The molecule has 6 rings (SSSR count). The van der Waals surface area contributed by atoms with Gasteiger partial charge in [-0.3, -0.25) is 14.5 Å². The van der Waals surface area contributed by atoms with Crippen molar-refractivity contribution < 1.29 is 22.7 Å². The van der Waals surface area contributed by atoms with Gasteiger partial charge in [-0.1, -0.05) is 84.1 Å². The van der Waals surface area contributed by atoms with Crippen molar-refractivity contribution in [2.45, 2.75) is 38.1 Å². The molecule has 1 aromatic heterocycles. The van der Waals surface area contributed by atoms with Crippen LogP contribution < -0.4 is 0 Å². The lowest BCUT2D eigenvalue weighted by molar-refractivity contribution is -0.149. The van der Waals surface area contributed by atoms with E-state index in [0.29, 0.717) is 52.0 Å². The molecule has 47 heavy (non-hydrogen) atoms. The molecule has 3 heterocycles. The molecule has 0 saturated carbocycles. The highest BCUT2D eigenvalue weighted by Gasteiger charge is 2.34. The number of nitrogens with zero attached hydrogens (tertiary/aromatic N) is 4. The van der Waals surface area contributed by atoms with Crippen LogP contribution in [0.15, 0.2) is 94.9 Å². The molecule has 0 unspecified atom stereocenters. The molecule has 12 heteroatoms. The molecule has 242 valence electrons. The summed E-state index contributed by atoms with van der Waals surface area (Å²) >= 11 is 6.84. The maximum atomic E-state index is 13.8. The smallest absolute Gasteiger partial charge is 0.309 e. The fourth-order valence-corrected chi connectivity index (χ4v) is 8.39. The summed E-state index contributed by atoms with van der Waals surface area (Å²) in [5, 5.41) is 4.86. The number of esters is 1. The molecule has 2 aliphatic rings. The number of amides is 1. The first-order valence-electron chi connectivity index (χ1n) is 15.4. The van der Waals surface area contributed by atoms with E-state index in [-0.39, 0.29) is 35.8 Å². The zero-order valence-electron chi connectivity index (χ0n) is 26.0. The van der Waals surface area contributed by atoms with Crippen LogP contribution in [0.5, 0.6) is 0 Å². The van der Waals surface area contributed by atoms with Gasteiger partial charge in [0.05, 0.1) is 34.6 Å². The summed E-state index contributed by atoms with van der Waals surface area (Å²) in [7, 11) is -3.84. The number of hydrogen-bond acceptors (Lipinski definition) is 8. The summed E-state index contributed by atoms with van der Waals surface area (Å²) in [5.74, 6) is -0.774. The van der Waals surface area contributed by atoms with Gasteiger partial charge in [-0.25, -0.2) is 13.1 Å². The van der Waals surface area contributed by atoms with E-state index in [1.165, 1.54) is 16.1 Å². The van der Waals surface area contributed by atoms with Gasteiger partial charge in [-0.2, -0.15) is 9.40 Å². The van der Waals surface area contributed by atoms with Gasteiger partial charge in [-0.15, -0.1) is 0 Å². The Kier molecular flexibility index (Phi) is 9.74. The van der Waals surface area contributed by atoms with Gasteiger partial charge in [0.25, 0.3) is 5.91 Å². The average Bonchev–Trinajstić information content (AvgIpc) is 3.62. The predicted molar refractivity (Wildman–Crippen MR) is 187 cm³/mol. The Bertz CT molecular complexity index is 1950. The molecule has 2 aliphatic heterocycles. The first-order chi connectivity index (χ1) is 22.6. The second kappa shape index (κ2) is 13.9. The van der Waals surface area contributed by atoms with E-state index in [0.717, 1.165) is 16.8 Å². The van der Waals surface area contributed by atoms with E-state index in [1.54, 1.807) is 40.8 Å². The Morgan fingerprint density at radius 3 is 2.47 bits per heavy atom. The fraction of sp³-hybridized carbons (Fsp3) is 0.257. The number of thioether (sulfide) groups is 1. The Labute approximate surface area is 284 Å². The minimum atomic E-state index is -3.84. The van der Waals surface area contributed by atoms with Crippen molar-refractivity contribution in [3.63, 3.8) is 0 Å². The third-order valence-electron chi connectivity index (χ3n) is 8.20. The zero-order valence-corrected chi connectivity index (χ0v) is 28.5. The van der Waals surface area contributed by atoms with Gasteiger partial charge in [-0.05, 0) is 62.6 Å². The minimum Gasteiger partial charge on any atom is -0.466 e. The monoisotopic (exact) mass is 686 g/mol. The van der Waals surface area contributed by atoms with Gasteiger partial charge in [0.15, 0.2) is 0 Å². The fourth-order valence-electron chi connectivity index (χ4n) is 5.63. The van der Waals surface area contributed by atoms with Crippen molar-refractivity contribution in [3.8, 4) is 16.9 Å². The summed E-state index contributed by atoms with van der Waals surface area (Å²) < 4.78 is 36.3. The molecule has 1 amide bonds. The highest BCUT2D eigenvalue weighted by atomic mass is 32.2. The topological polar surface area (TPSA) is 102 Å². The summed E-state index contributed by atoms with van der Waals surface area (Å²) in [6.07, 6.45) is 4.42. The highest BCUT2D eigenvalue weighted by molar-refractivity contribution is 8.26. The molecule has 9 nitrogen and oxygen atoms in total. The number of piperidine rings is 1. The van der Waals surface area contributed by atoms with Gasteiger partial charge in [0, 0.05) is 30.4 Å². The Hall–Kier alpha value is -4.10. The molecule has 2 saturated heterocycles. The lowest BCUT2D eigenvalue weighted by Gasteiger charge is -2.30. The van der Waals surface area contributed by atoms with E-state index in [4.69, 9.17) is 22.1 Å². The van der Waals surface area contributed by atoms with E-state index in [1.807, 2.05) is 73.8 Å². The lowest BCUT2D eigenvalue weighted by atomic mass is 9.98. The predicted octanol–water partition coefficient (Wildman–Crippen LogP) is 6.21. The molecular formula is C35H34N4O5S3. The second-order valence-electron chi connectivity index (χ2n) is 11.4. The second-order valence-corrected chi connectivity index (χ2v) is 15.0. The number of para-hydroxylation sites is 1. The molecule has 4 aromatic rings. The molecule has 0 aliphatic carbocycles. The van der Waals surface area contributed by atoms with Crippen LogP contribution in [0.25, 0.3) is 23.0 Å². The quantitative estimate of drug-likeness (QED) is 0.116. The average molecular weight is 687 g/mol. The number of carbonyl (C=O) groups is 2. The van der Waals surface area contributed by atoms with Crippen LogP contribution in [0.1, 0.15) is 36.5 Å². The number of carbonyl (C=O) groups excluding carboxylic acids is 2. The SMILES string of the molecule is CCOC(=O)C1CCN(S(=O)(=O)c2cccc(-c3nn(-c4ccccc4)cc3/C=C3\SC(=S)N(Cc4ccc(C)cc4)C3=O)c2)CC1. The van der Waals surface area contributed by atoms with Crippen molar-refractivity contribution in [2.75, 3.05) is 19.7 Å². The minimum absolute atomic E-state index is 0.134. The normalized spacial score (nSPS) is 17.1. The Balaban J connectivity index is 1.31. The van der Waals surface area contributed by atoms with Crippen molar-refractivity contribution in [3.05, 3.63) is 107 Å². The summed E-state index contributed by atoms with van der Waals surface area (Å²) in [6.45, 7) is 4.91. The van der Waals surface area contributed by atoms with Crippen LogP contribution >= 0.6 is 24.0 Å². The molecule has 0 atom stereocenters. The first kappa shape index (κ1) is 32.8. The number of thiocarbonyl (C=S) groups is 1. The van der Waals surface area contributed by atoms with Crippen LogP contribution in [0.4, 0.5) is 0 Å². The van der Waals surface area contributed by atoms with Gasteiger partial charge in [0.1, 0.15) is 10.0 Å². The number of benzene rings is 3. The van der Waals surface area contributed by atoms with Crippen LogP contribution in [-0.2, 0) is 30.9 Å².